The van der Waals surface area contributed by atoms with Crippen LogP contribution in [0.1, 0.15) is 77.4 Å². The summed E-state index contributed by atoms with van der Waals surface area (Å²) in [7, 11) is -2.23. The lowest BCUT2D eigenvalue weighted by Crippen LogP contribution is -2.60. The monoisotopic (exact) mass is 496 g/mol. The summed E-state index contributed by atoms with van der Waals surface area (Å²) in [6.45, 7) is 20.6. The Bertz CT molecular complexity index is 978. The Hall–Kier alpha value is -2.44. The summed E-state index contributed by atoms with van der Waals surface area (Å²) in [4.78, 5) is 29.6. The van der Waals surface area contributed by atoms with Crippen molar-refractivity contribution in [1.82, 2.24) is 10.2 Å². The van der Waals surface area contributed by atoms with Crippen molar-refractivity contribution in [2.24, 2.45) is 0 Å². The number of amides is 2. The molecule has 2 amide bonds. The van der Waals surface area contributed by atoms with E-state index >= 15 is 0 Å². The average Bonchev–Trinajstić information content (AvgIpc) is 2.75. The van der Waals surface area contributed by atoms with Crippen molar-refractivity contribution in [3.05, 3.63) is 71.8 Å². The van der Waals surface area contributed by atoms with Gasteiger partial charge >= 0.3 is 0 Å². The molecule has 2 aromatic carbocycles. The molecule has 0 aliphatic rings. The maximum atomic E-state index is 14.0. The molecule has 0 aromatic heterocycles. The van der Waals surface area contributed by atoms with Crippen LogP contribution in [-0.2, 0) is 9.22 Å². The van der Waals surface area contributed by atoms with E-state index in [0.29, 0.717) is 5.56 Å². The second-order valence-corrected chi connectivity index (χ2v) is 16.7. The number of carbonyl (C=O) groups is 2. The minimum atomic E-state index is -2.23. The SMILES string of the molecule is C[C@H](c1ccccc1)N(C(=O)c1ccccc1)[C@@H](C(=O)NC(C)(C)C)[C@@H](C)O[Si](C)(C)C(C)(C)C. The molecule has 0 heterocycles. The van der Waals surface area contributed by atoms with Gasteiger partial charge in [0.05, 0.1) is 12.1 Å². The topological polar surface area (TPSA) is 58.6 Å². The zero-order chi connectivity index (χ0) is 26.6. The first-order chi connectivity index (χ1) is 16.0. The fourth-order valence-corrected chi connectivity index (χ4v) is 5.29. The van der Waals surface area contributed by atoms with Crippen LogP contribution in [0, 0.1) is 0 Å². The predicted octanol–water partition coefficient (Wildman–Crippen LogP) is 6.58. The van der Waals surface area contributed by atoms with Crippen molar-refractivity contribution in [2.75, 3.05) is 0 Å². The molecule has 0 aliphatic carbocycles. The van der Waals surface area contributed by atoms with Gasteiger partial charge in [0.25, 0.3) is 5.91 Å². The van der Waals surface area contributed by atoms with E-state index in [2.05, 4.69) is 39.2 Å². The van der Waals surface area contributed by atoms with E-state index in [0.717, 1.165) is 5.56 Å². The van der Waals surface area contributed by atoms with Gasteiger partial charge in [-0.25, -0.2) is 0 Å². The standard InChI is InChI=1S/C29H44N2O3Si/c1-21(23-17-13-11-14-18-23)31(27(33)24-19-15-12-16-20-24)25(26(32)30-28(3,4)5)22(2)34-35(9,10)29(6,7)8/h11-22,25H,1-10H3,(H,30,32)/t21-,22-,25-/m1/s1. The Kier molecular flexibility index (Phi) is 9.12. The molecule has 0 saturated carbocycles. The fraction of sp³-hybridized carbons (Fsp3) is 0.517. The molecule has 6 heteroatoms. The van der Waals surface area contributed by atoms with Crippen LogP contribution in [0.3, 0.4) is 0 Å². The van der Waals surface area contributed by atoms with Gasteiger partial charge in [0.2, 0.25) is 5.91 Å². The number of rotatable bonds is 8. The van der Waals surface area contributed by atoms with Gasteiger partial charge in [0.15, 0.2) is 8.32 Å². The lowest BCUT2D eigenvalue weighted by Gasteiger charge is -2.44. The Morgan fingerprint density at radius 2 is 1.34 bits per heavy atom. The molecule has 0 bridgehead atoms. The van der Waals surface area contributed by atoms with E-state index in [-0.39, 0.29) is 22.9 Å². The highest BCUT2D eigenvalue weighted by atomic mass is 28.4. The van der Waals surface area contributed by atoms with Crippen LogP contribution in [0.25, 0.3) is 0 Å². The third-order valence-corrected chi connectivity index (χ3v) is 11.3. The van der Waals surface area contributed by atoms with Crippen LogP contribution in [0.4, 0.5) is 0 Å². The van der Waals surface area contributed by atoms with Gasteiger partial charge in [-0.1, -0.05) is 69.3 Å². The van der Waals surface area contributed by atoms with E-state index in [1.165, 1.54) is 0 Å². The van der Waals surface area contributed by atoms with E-state index in [1.807, 2.05) is 83.1 Å². The lowest BCUT2D eigenvalue weighted by atomic mass is 9.99. The van der Waals surface area contributed by atoms with Gasteiger partial charge in [0, 0.05) is 11.1 Å². The van der Waals surface area contributed by atoms with Crippen molar-refractivity contribution in [3.8, 4) is 0 Å². The minimum Gasteiger partial charge on any atom is -0.412 e. The van der Waals surface area contributed by atoms with Crippen molar-refractivity contribution < 1.29 is 14.0 Å². The number of carbonyl (C=O) groups excluding carboxylic acids is 2. The Morgan fingerprint density at radius 3 is 1.80 bits per heavy atom. The van der Waals surface area contributed by atoms with Crippen molar-refractivity contribution >= 4 is 20.1 Å². The summed E-state index contributed by atoms with van der Waals surface area (Å²) in [5.74, 6) is -0.405. The number of benzene rings is 2. The summed E-state index contributed by atoms with van der Waals surface area (Å²) >= 11 is 0. The molecule has 5 nitrogen and oxygen atoms in total. The Morgan fingerprint density at radius 1 is 0.857 bits per heavy atom. The van der Waals surface area contributed by atoms with Crippen LogP contribution in [0.5, 0.6) is 0 Å². The Balaban J connectivity index is 2.65. The maximum absolute atomic E-state index is 14.0. The lowest BCUT2D eigenvalue weighted by molar-refractivity contribution is -0.131. The summed E-state index contributed by atoms with van der Waals surface area (Å²) in [5, 5.41) is 3.08. The summed E-state index contributed by atoms with van der Waals surface area (Å²) in [6.07, 6.45) is -0.503. The number of hydrogen-bond acceptors (Lipinski definition) is 3. The van der Waals surface area contributed by atoms with Crippen molar-refractivity contribution in [3.63, 3.8) is 0 Å². The largest absolute Gasteiger partial charge is 0.412 e. The van der Waals surface area contributed by atoms with E-state index < -0.39 is 26.0 Å². The molecule has 35 heavy (non-hydrogen) atoms. The first-order valence-corrected chi connectivity index (χ1v) is 15.4. The maximum Gasteiger partial charge on any atom is 0.255 e. The molecule has 0 fully saturated rings. The molecule has 0 unspecified atom stereocenters. The molecule has 0 spiro atoms. The van der Waals surface area contributed by atoms with Crippen LogP contribution in [0.2, 0.25) is 18.1 Å². The molecule has 0 saturated heterocycles. The predicted molar refractivity (Wildman–Crippen MR) is 147 cm³/mol. The van der Waals surface area contributed by atoms with Gasteiger partial charge in [-0.2, -0.15) is 0 Å². The van der Waals surface area contributed by atoms with Crippen molar-refractivity contribution in [2.45, 2.75) is 97.2 Å². The molecule has 192 valence electrons. The van der Waals surface area contributed by atoms with Crippen LogP contribution in [-0.4, -0.2) is 42.7 Å². The second kappa shape index (κ2) is 11.1. The molecule has 0 aliphatic heterocycles. The van der Waals surface area contributed by atoms with E-state index in [9.17, 15) is 9.59 Å². The molecule has 1 N–H and O–H groups in total. The quantitative estimate of drug-likeness (QED) is 0.420. The highest BCUT2D eigenvalue weighted by molar-refractivity contribution is 6.74. The molecular formula is C29H44N2O3Si. The fourth-order valence-electron chi connectivity index (χ4n) is 3.88. The van der Waals surface area contributed by atoms with E-state index in [4.69, 9.17) is 4.43 Å². The Labute approximate surface area is 213 Å². The normalized spacial score (nSPS) is 15.1. The average molecular weight is 497 g/mol. The molecule has 2 rings (SSSR count). The molecule has 0 radical (unpaired) electrons. The summed E-state index contributed by atoms with van der Waals surface area (Å²) in [6, 6.07) is 17.9. The van der Waals surface area contributed by atoms with Gasteiger partial charge in [-0.05, 0) is 70.4 Å². The van der Waals surface area contributed by atoms with Gasteiger partial charge in [0.1, 0.15) is 6.04 Å². The highest BCUT2D eigenvalue weighted by Gasteiger charge is 2.45. The third-order valence-electron chi connectivity index (χ3n) is 6.75. The van der Waals surface area contributed by atoms with Crippen LogP contribution >= 0.6 is 0 Å². The zero-order valence-corrected chi connectivity index (χ0v) is 24.2. The van der Waals surface area contributed by atoms with E-state index in [1.54, 1.807) is 17.0 Å². The molecule has 3 atom stereocenters. The highest BCUT2D eigenvalue weighted by Crippen LogP contribution is 2.38. The minimum absolute atomic E-state index is 0.0361. The van der Waals surface area contributed by atoms with Crippen LogP contribution < -0.4 is 5.32 Å². The summed E-state index contributed by atoms with van der Waals surface area (Å²) in [5.41, 5.74) is 1.05. The first-order valence-electron chi connectivity index (χ1n) is 12.5. The number of hydrogen-bond donors (Lipinski definition) is 1. The summed E-state index contributed by atoms with van der Waals surface area (Å²) < 4.78 is 6.74. The number of nitrogens with zero attached hydrogens (tertiary/aromatic N) is 1. The molecule has 2 aromatic rings. The van der Waals surface area contributed by atoms with Gasteiger partial charge in [-0.3, -0.25) is 9.59 Å². The zero-order valence-electron chi connectivity index (χ0n) is 23.2. The molecular weight excluding hydrogens is 452 g/mol. The van der Waals surface area contributed by atoms with Crippen molar-refractivity contribution in [1.29, 1.82) is 0 Å². The number of nitrogens with one attached hydrogen (secondary N) is 1. The van der Waals surface area contributed by atoms with Gasteiger partial charge in [-0.15, -0.1) is 0 Å². The van der Waals surface area contributed by atoms with Gasteiger partial charge < -0.3 is 14.6 Å². The first kappa shape index (κ1) is 28.8. The second-order valence-electron chi connectivity index (χ2n) is 11.9. The third kappa shape index (κ3) is 7.52. The van der Waals surface area contributed by atoms with Crippen LogP contribution in [0.15, 0.2) is 60.7 Å². The smallest absolute Gasteiger partial charge is 0.255 e.